The SMILES string of the molecule is CC(C)c1n[nH]c(C2CCOCC2)c1CO. The average molecular weight is 224 g/mol. The van der Waals surface area contributed by atoms with E-state index >= 15 is 0 Å². The highest BCUT2D eigenvalue weighted by Gasteiger charge is 2.23. The van der Waals surface area contributed by atoms with Crippen molar-refractivity contribution in [3.05, 3.63) is 17.0 Å². The first-order valence-corrected chi connectivity index (χ1v) is 5.99. The summed E-state index contributed by atoms with van der Waals surface area (Å²) in [6, 6.07) is 0. The second kappa shape index (κ2) is 4.97. The topological polar surface area (TPSA) is 58.1 Å². The highest BCUT2D eigenvalue weighted by Crippen LogP contribution is 2.31. The molecule has 0 amide bonds. The van der Waals surface area contributed by atoms with E-state index in [0.717, 1.165) is 43.0 Å². The summed E-state index contributed by atoms with van der Waals surface area (Å²) < 4.78 is 5.35. The van der Waals surface area contributed by atoms with Crippen LogP contribution in [0.3, 0.4) is 0 Å². The van der Waals surface area contributed by atoms with Gasteiger partial charge in [-0.15, -0.1) is 0 Å². The first kappa shape index (κ1) is 11.6. The lowest BCUT2D eigenvalue weighted by Crippen LogP contribution is -2.15. The van der Waals surface area contributed by atoms with Gasteiger partial charge in [-0.3, -0.25) is 5.10 Å². The first-order chi connectivity index (χ1) is 7.74. The molecule has 1 aliphatic heterocycles. The van der Waals surface area contributed by atoms with Crippen LogP contribution >= 0.6 is 0 Å². The van der Waals surface area contributed by atoms with Crippen LogP contribution in [-0.4, -0.2) is 28.5 Å². The summed E-state index contributed by atoms with van der Waals surface area (Å²) in [7, 11) is 0. The van der Waals surface area contributed by atoms with E-state index in [-0.39, 0.29) is 6.61 Å². The highest BCUT2D eigenvalue weighted by molar-refractivity contribution is 5.29. The summed E-state index contributed by atoms with van der Waals surface area (Å²) in [5.41, 5.74) is 3.13. The molecule has 1 aromatic rings. The molecule has 1 saturated heterocycles. The van der Waals surface area contributed by atoms with Gasteiger partial charge in [-0.25, -0.2) is 0 Å². The first-order valence-electron chi connectivity index (χ1n) is 5.99. The Morgan fingerprint density at radius 2 is 2.12 bits per heavy atom. The monoisotopic (exact) mass is 224 g/mol. The van der Waals surface area contributed by atoms with Gasteiger partial charge in [0.2, 0.25) is 0 Å². The summed E-state index contributed by atoms with van der Waals surface area (Å²) >= 11 is 0. The van der Waals surface area contributed by atoms with Crippen molar-refractivity contribution in [3.63, 3.8) is 0 Å². The van der Waals surface area contributed by atoms with Crippen LogP contribution in [0.1, 0.15) is 55.5 Å². The number of hydrogen-bond donors (Lipinski definition) is 2. The zero-order chi connectivity index (χ0) is 11.5. The summed E-state index contributed by atoms with van der Waals surface area (Å²) in [4.78, 5) is 0. The molecule has 0 bridgehead atoms. The maximum Gasteiger partial charge on any atom is 0.0718 e. The summed E-state index contributed by atoms with van der Waals surface area (Å²) in [6.45, 7) is 5.90. The van der Waals surface area contributed by atoms with Crippen molar-refractivity contribution in [2.45, 2.75) is 45.1 Å². The lowest BCUT2D eigenvalue weighted by molar-refractivity contribution is 0.0840. The van der Waals surface area contributed by atoms with Crippen LogP contribution < -0.4 is 0 Å². The zero-order valence-electron chi connectivity index (χ0n) is 9.99. The third-order valence-electron chi connectivity index (χ3n) is 3.27. The standard InChI is InChI=1S/C12H20N2O2/c1-8(2)11-10(7-15)12(14-13-11)9-3-5-16-6-4-9/h8-9,15H,3-7H2,1-2H3,(H,13,14). The fourth-order valence-electron chi connectivity index (χ4n) is 2.36. The van der Waals surface area contributed by atoms with Crippen molar-refractivity contribution in [1.82, 2.24) is 10.2 Å². The Morgan fingerprint density at radius 3 is 2.69 bits per heavy atom. The Morgan fingerprint density at radius 1 is 1.44 bits per heavy atom. The molecule has 0 radical (unpaired) electrons. The number of aromatic amines is 1. The van der Waals surface area contributed by atoms with Gasteiger partial charge < -0.3 is 9.84 Å². The predicted molar refractivity (Wildman–Crippen MR) is 61.4 cm³/mol. The van der Waals surface area contributed by atoms with Crippen molar-refractivity contribution >= 4 is 0 Å². The largest absolute Gasteiger partial charge is 0.392 e. The number of ether oxygens (including phenoxy) is 1. The number of rotatable bonds is 3. The molecule has 1 aromatic heterocycles. The van der Waals surface area contributed by atoms with Gasteiger partial charge in [0.25, 0.3) is 0 Å². The van der Waals surface area contributed by atoms with Crippen molar-refractivity contribution in [2.75, 3.05) is 13.2 Å². The Bertz CT molecular complexity index is 341. The molecule has 1 aliphatic rings. The van der Waals surface area contributed by atoms with Gasteiger partial charge >= 0.3 is 0 Å². The van der Waals surface area contributed by atoms with Crippen molar-refractivity contribution < 1.29 is 9.84 Å². The van der Waals surface area contributed by atoms with Crippen LogP contribution in [0, 0.1) is 0 Å². The molecule has 2 rings (SSSR count). The molecule has 0 spiro atoms. The van der Waals surface area contributed by atoms with Gasteiger partial charge in [0, 0.05) is 30.4 Å². The molecule has 4 heteroatoms. The predicted octanol–water partition coefficient (Wildman–Crippen LogP) is 1.92. The van der Waals surface area contributed by atoms with E-state index in [1.807, 2.05) is 0 Å². The maximum absolute atomic E-state index is 9.48. The molecule has 0 aromatic carbocycles. The average Bonchev–Trinajstić information content (AvgIpc) is 2.73. The third kappa shape index (κ3) is 2.13. The van der Waals surface area contributed by atoms with Gasteiger partial charge in [-0.2, -0.15) is 5.10 Å². The lowest BCUT2D eigenvalue weighted by Gasteiger charge is -2.21. The fourth-order valence-corrected chi connectivity index (χ4v) is 2.36. The van der Waals surface area contributed by atoms with Crippen LogP contribution in [0.5, 0.6) is 0 Å². The molecule has 1 fully saturated rings. The Labute approximate surface area is 96.0 Å². The van der Waals surface area contributed by atoms with E-state index in [1.165, 1.54) is 0 Å². The van der Waals surface area contributed by atoms with Crippen molar-refractivity contribution in [1.29, 1.82) is 0 Å². The van der Waals surface area contributed by atoms with Crippen molar-refractivity contribution in [3.8, 4) is 0 Å². The number of nitrogens with one attached hydrogen (secondary N) is 1. The van der Waals surface area contributed by atoms with Gasteiger partial charge in [0.15, 0.2) is 0 Å². The van der Waals surface area contributed by atoms with Crippen molar-refractivity contribution in [2.24, 2.45) is 0 Å². The Hall–Kier alpha value is -0.870. The fraction of sp³-hybridized carbons (Fsp3) is 0.750. The van der Waals surface area contributed by atoms with Crippen LogP contribution in [-0.2, 0) is 11.3 Å². The Kier molecular flexibility index (Phi) is 3.61. The minimum absolute atomic E-state index is 0.0801. The smallest absolute Gasteiger partial charge is 0.0718 e. The maximum atomic E-state index is 9.48. The Balaban J connectivity index is 2.25. The molecule has 16 heavy (non-hydrogen) atoms. The normalized spacial score (nSPS) is 18.2. The number of aliphatic hydroxyl groups excluding tert-OH is 1. The minimum Gasteiger partial charge on any atom is -0.392 e. The van der Waals surface area contributed by atoms with E-state index in [4.69, 9.17) is 4.74 Å². The van der Waals surface area contributed by atoms with Crippen LogP contribution in [0.2, 0.25) is 0 Å². The molecule has 0 aliphatic carbocycles. The quantitative estimate of drug-likeness (QED) is 0.824. The van der Waals surface area contributed by atoms with Gasteiger partial charge in [0.1, 0.15) is 0 Å². The van der Waals surface area contributed by atoms with Gasteiger partial charge in [-0.05, 0) is 18.8 Å². The molecular formula is C12H20N2O2. The number of aliphatic hydroxyl groups is 1. The number of nitrogens with zero attached hydrogens (tertiary/aromatic N) is 1. The van der Waals surface area contributed by atoms with E-state index in [9.17, 15) is 5.11 Å². The van der Waals surface area contributed by atoms with E-state index in [0.29, 0.717) is 11.8 Å². The molecule has 2 N–H and O–H groups in total. The van der Waals surface area contributed by atoms with Crippen LogP contribution in [0.15, 0.2) is 0 Å². The van der Waals surface area contributed by atoms with E-state index in [2.05, 4.69) is 24.0 Å². The highest BCUT2D eigenvalue weighted by atomic mass is 16.5. The third-order valence-corrected chi connectivity index (χ3v) is 3.27. The number of hydrogen-bond acceptors (Lipinski definition) is 3. The molecule has 4 nitrogen and oxygen atoms in total. The molecule has 90 valence electrons. The van der Waals surface area contributed by atoms with E-state index in [1.54, 1.807) is 0 Å². The zero-order valence-corrected chi connectivity index (χ0v) is 9.99. The molecule has 0 saturated carbocycles. The van der Waals surface area contributed by atoms with Gasteiger partial charge in [-0.1, -0.05) is 13.8 Å². The number of aromatic nitrogens is 2. The van der Waals surface area contributed by atoms with Crippen LogP contribution in [0.25, 0.3) is 0 Å². The lowest BCUT2D eigenvalue weighted by atomic mass is 9.92. The summed E-state index contributed by atoms with van der Waals surface area (Å²) in [5.74, 6) is 0.822. The molecular weight excluding hydrogens is 204 g/mol. The number of H-pyrrole nitrogens is 1. The van der Waals surface area contributed by atoms with Crippen LogP contribution in [0.4, 0.5) is 0 Å². The minimum atomic E-state index is 0.0801. The molecule has 2 heterocycles. The second-order valence-electron chi connectivity index (χ2n) is 4.70. The molecule has 0 atom stereocenters. The van der Waals surface area contributed by atoms with E-state index < -0.39 is 0 Å². The molecule has 0 unspecified atom stereocenters. The summed E-state index contributed by atoms with van der Waals surface area (Å²) in [6.07, 6.45) is 2.04. The summed E-state index contributed by atoms with van der Waals surface area (Å²) in [5, 5.41) is 16.9. The second-order valence-corrected chi connectivity index (χ2v) is 4.70. The van der Waals surface area contributed by atoms with Gasteiger partial charge in [0.05, 0.1) is 12.3 Å².